The first-order valence-electron chi connectivity index (χ1n) is 3.41. The fraction of sp³-hybridized carbons (Fsp3) is 1.00. The third kappa shape index (κ3) is 22.6. The molecule has 0 atom stereocenters. The van der Waals surface area contributed by atoms with E-state index in [2.05, 4.69) is 16.4 Å². The fourth-order valence-electron chi connectivity index (χ4n) is 0.295. The van der Waals surface area contributed by atoms with Gasteiger partial charge in [0, 0.05) is 0 Å². The van der Waals surface area contributed by atoms with Gasteiger partial charge in [-0.15, -0.1) is 0 Å². The molecule has 0 saturated carbocycles. The Morgan fingerprint density at radius 1 is 1.58 bits per heavy atom. The summed E-state index contributed by atoms with van der Waals surface area (Å²) in [6.45, 7) is 4.28. The number of rotatable bonds is 4. The van der Waals surface area contributed by atoms with Gasteiger partial charge in [0.15, 0.2) is 0 Å². The summed E-state index contributed by atoms with van der Waals surface area (Å²) in [6, 6.07) is 0. The molecule has 6 nitrogen and oxygen atoms in total. The van der Waals surface area contributed by atoms with Crippen LogP contribution in [-0.4, -0.2) is 44.9 Å². The van der Waals surface area contributed by atoms with Crippen molar-refractivity contribution in [3.8, 4) is 0 Å². The second-order valence-corrected chi connectivity index (χ2v) is 2.93. The second kappa shape index (κ2) is 8.88. The Kier molecular flexibility index (Phi) is 10.6. The van der Waals surface area contributed by atoms with Crippen LogP contribution in [0.3, 0.4) is 0 Å². The van der Waals surface area contributed by atoms with Crippen LogP contribution in [0.1, 0.15) is 6.92 Å². The van der Waals surface area contributed by atoms with Gasteiger partial charge >= 0.3 is 0 Å². The summed E-state index contributed by atoms with van der Waals surface area (Å²) in [4.78, 5) is 0. The number of aliphatic hydroxyl groups is 1. The molecule has 0 aliphatic heterocycles. The standard InChI is InChI=1S/C4H11NO.CH4O4S/c1-2-5-3-4-6;1-5-6(2,3)4/h5-6H,2-4H2,1H3;1H3,(H,2,3,4). The molecule has 0 aliphatic carbocycles. The molecule has 0 rings (SSSR count). The van der Waals surface area contributed by atoms with Crippen LogP contribution in [-0.2, 0) is 14.6 Å². The lowest BCUT2D eigenvalue weighted by Gasteiger charge is -1.98. The Morgan fingerprint density at radius 2 is 2.00 bits per heavy atom. The van der Waals surface area contributed by atoms with Gasteiger partial charge in [0.2, 0.25) is 10.4 Å². The topological polar surface area (TPSA) is 103 Å². The van der Waals surface area contributed by atoms with Crippen molar-refractivity contribution in [3.05, 3.63) is 0 Å². The largest absolute Gasteiger partial charge is 0.726 e. The van der Waals surface area contributed by atoms with E-state index < -0.39 is 10.4 Å². The molecule has 76 valence electrons. The molecule has 0 spiro atoms. The van der Waals surface area contributed by atoms with E-state index in [1.807, 2.05) is 0 Å². The van der Waals surface area contributed by atoms with Gasteiger partial charge < -0.3 is 15.0 Å². The minimum atomic E-state index is -4.41. The molecule has 0 saturated heterocycles. The molecule has 0 amide bonds. The Labute approximate surface area is 72.5 Å². The van der Waals surface area contributed by atoms with Crippen molar-refractivity contribution in [1.82, 2.24) is 0 Å². The van der Waals surface area contributed by atoms with Gasteiger partial charge in [-0.05, 0) is 6.92 Å². The molecule has 0 aliphatic rings. The molecule has 0 fully saturated rings. The first-order chi connectivity index (χ1) is 5.47. The molecule has 0 bridgehead atoms. The maximum absolute atomic E-state index is 9.22. The molecule has 12 heavy (non-hydrogen) atoms. The van der Waals surface area contributed by atoms with E-state index in [-0.39, 0.29) is 0 Å². The maximum Gasteiger partial charge on any atom is 0.217 e. The van der Waals surface area contributed by atoms with Crippen molar-refractivity contribution < 1.29 is 27.6 Å². The van der Waals surface area contributed by atoms with E-state index >= 15 is 0 Å². The Bertz CT molecular complexity index is 163. The first-order valence-corrected chi connectivity index (χ1v) is 4.75. The highest BCUT2D eigenvalue weighted by atomic mass is 32.3. The molecule has 0 radical (unpaired) electrons. The lowest BCUT2D eigenvalue weighted by molar-refractivity contribution is -0.652. The molecule has 7 heteroatoms. The second-order valence-electron chi connectivity index (χ2n) is 1.78. The Balaban J connectivity index is 0. The summed E-state index contributed by atoms with van der Waals surface area (Å²) in [7, 11) is -3.60. The van der Waals surface area contributed by atoms with Gasteiger partial charge in [0.05, 0.1) is 26.8 Å². The number of quaternary nitrogens is 1. The molecular formula is C5H15NO5S. The Morgan fingerprint density at radius 3 is 2.08 bits per heavy atom. The van der Waals surface area contributed by atoms with E-state index in [1.165, 1.54) is 0 Å². The lowest BCUT2D eigenvalue weighted by Crippen LogP contribution is -2.84. The quantitative estimate of drug-likeness (QED) is 0.301. The zero-order valence-electron chi connectivity index (χ0n) is 7.19. The van der Waals surface area contributed by atoms with Crippen molar-refractivity contribution in [3.63, 3.8) is 0 Å². The Hall–Kier alpha value is -0.210. The number of nitrogens with two attached hydrogens (primary N) is 1. The monoisotopic (exact) mass is 201 g/mol. The van der Waals surface area contributed by atoms with Crippen LogP contribution in [0.5, 0.6) is 0 Å². The van der Waals surface area contributed by atoms with Crippen LogP contribution < -0.4 is 5.32 Å². The van der Waals surface area contributed by atoms with Gasteiger partial charge in [-0.25, -0.2) is 8.42 Å². The third-order valence-corrected chi connectivity index (χ3v) is 1.23. The fourth-order valence-corrected chi connectivity index (χ4v) is 0.295. The van der Waals surface area contributed by atoms with Crippen LogP contribution in [0, 0.1) is 0 Å². The number of likely N-dealkylation sites (N-methyl/N-ethyl adjacent to an activating group) is 1. The normalized spacial score (nSPS) is 10.3. The van der Waals surface area contributed by atoms with Crippen LogP contribution in [0.25, 0.3) is 0 Å². The maximum atomic E-state index is 9.22. The number of aliphatic hydroxyl groups excluding tert-OH is 1. The highest BCUT2D eigenvalue weighted by molar-refractivity contribution is 7.80. The van der Waals surface area contributed by atoms with Gasteiger partial charge in [-0.2, -0.15) is 0 Å². The van der Waals surface area contributed by atoms with Crippen molar-refractivity contribution in [2.24, 2.45) is 0 Å². The first kappa shape index (κ1) is 14.3. The van der Waals surface area contributed by atoms with E-state index in [0.29, 0.717) is 6.61 Å². The molecule has 0 unspecified atom stereocenters. The lowest BCUT2D eigenvalue weighted by atomic mass is 10.6. The zero-order chi connectivity index (χ0) is 10.0. The van der Waals surface area contributed by atoms with Crippen molar-refractivity contribution in [2.75, 3.05) is 26.8 Å². The van der Waals surface area contributed by atoms with Gasteiger partial charge in [-0.1, -0.05) is 0 Å². The van der Waals surface area contributed by atoms with Gasteiger partial charge in [-0.3, -0.25) is 4.18 Å². The summed E-state index contributed by atoms with van der Waals surface area (Å²) in [5.74, 6) is 0. The average molecular weight is 201 g/mol. The van der Waals surface area contributed by atoms with Crippen LogP contribution >= 0.6 is 0 Å². The van der Waals surface area contributed by atoms with Gasteiger partial charge in [0.25, 0.3) is 0 Å². The number of hydrogen-bond acceptors (Lipinski definition) is 5. The zero-order valence-corrected chi connectivity index (χ0v) is 8.00. The summed E-state index contributed by atoms with van der Waals surface area (Å²) in [6.07, 6.45) is 0. The smallest absolute Gasteiger partial charge is 0.217 e. The van der Waals surface area contributed by atoms with Crippen molar-refractivity contribution >= 4 is 10.4 Å². The summed E-state index contributed by atoms with van der Waals surface area (Å²) >= 11 is 0. The molecule has 0 heterocycles. The van der Waals surface area contributed by atoms with Crippen LogP contribution in [0.15, 0.2) is 0 Å². The summed E-state index contributed by atoms with van der Waals surface area (Å²) in [5.41, 5.74) is 0. The van der Waals surface area contributed by atoms with E-state index in [9.17, 15) is 13.0 Å². The summed E-state index contributed by atoms with van der Waals surface area (Å²) in [5, 5.41) is 10.2. The van der Waals surface area contributed by atoms with Gasteiger partial charge in [0.1, 0.15) is 0 Å². The predicted octanol–water partition coefficient (Wildman–Crippen LogP) is -2.34. The highest BCUT2D eigenvalue weighted by Crippen LogP contribution is 1.74. The summed E-state index contributed by atoms with van der Waals surface area (Å²) < 4.78 is 31.0. The molecular weight excluding hydrogens is 186 g/mol. The highest BCUT2D eigenvalue weighted by Gasteiger charge is 1.79. The van der Waals surface area contributed by atoms with E-state index in [0.717, 1.165) is 20.2 Å². The van der Waals surface area contributed by atoms with Crippen molar-refractivity contribution in [2.45, 2.75) is 6.92 Å². The SMILES string of the molecule is CC[NH2+]CCO.COS(=O)(=O)[O-]. The predicted molar refractivity (Wildman–Crippen MR) is 41.1 cm³/mol. The number of hydrogen-bond donors (Lipinski definition) is 2. The molecule has 0 aromatic carbocycles. The molecule has 0 aromatic rings. The van der Waals surface area contributed by atoms with E-state index in [1.54, 1.807) is 0 Å². The third-order valence-electron chi connectivity index (χ3n) is 0.826. The minimum Gasteiger partial charge on any atom is -0.726 e. The molecule has 3 N–H and O–H groups in total. The van der Waals surface area contributed by atoms with Crippen LogP contribution in [0.4, 0.5) is 0 Å². The average Bonchev–Trinajstić information content (AvgIpc) is 2.01. The van der Waals surface area contributed by atoms with Crippen molar-refractivity contribution in [1.29, 1.82) is 0 Å². The van der Waals surface area contributed by atoms with E-state index in [4.69, 9.17) is 5.11 Å². The molecule has 0 aromatic heterocycles. The minimum absolute atomic E-state index is 0.299. The van der Waals surface area contributed by atoms with Crippen LogP contribution in [0.2, 0.25) is 0 Å².